The highest BCUT2D eigenvalue weighted by Crippen LogP contribution is 2.22. The van der Waals surface area contributed by atoms with E-state index < -0.39 is 0 Å². The Kier molecular flexibility index (Phi) is 3.54. The number of rotatable bonds is 3. The van der Waals surface area contributed by atoms with Crippen molar-refractivity contribution in [3.63, 3.8) is 0 Å². The van der Waals surface area contributed by atoms with Gasteiger partial charge in [0.05, 0.1) is 17.9 Å². The first-order chi connectivity index (χ1) is 8.15. The number of aromatic nitrogens is 2. The summed E-state index contributed by atoms with van der Waals surface area (Å²) in [5, 5.41) is 3.47. The number of halogens is 2. The van der Waals surface area contributed by atoms with Crippen molar-refractivity contribution in [2.24, 2.45) is 0 Å². The van der Waals surface area contributed by atoms with Gasteiger partial charge in [0.25, 0.3) is 0 Å². The molecule has 88 valence electrons. The zero-order valence-corrected chi connectivity index (χ0v) is 9.95. The van der Waals surface area contributed by atoms with Gasteiger partial charge in [-0.2, -0.15) is 0 Å². The predicted molar refractivity (Wildman–Crippen MR) is 65.5 cm³/mol. The Bertz CT molecular complexity index is 484. The number of anilines is 1. The van der Waals surface area contributed by atoms with Crippen LogP contribution in [0.2, 0.25) is 5.02 Å². The van der Waals surface area contributed by atoms with Crippen LogP contribution in [0.3, 0.4) is 0 Å². The molecule has 0 saturated heterocycles. The first-order valence-corrected chi connectivity index (χ1v) is 5.51. The Morgan fingerprint density at radius 2 is 2.12 bits per heavy atom. The summed E-state index contributed by atoms with van der Waals surface area (Å²) in [6.07, 6.45) is 4.89. The van der Waals surface area contributed by atoms with Crippen molar-refractivity contribution >= 4 is 17.3 Å². The van der Waals surface area contributed by atoms with Crippen molar-refractivity contribution in [3.05, 3.63) is 53.3 Å². The zero-order chi connectivity index (χ0) is 12.3. The molecule has 0 aliphatic carbocycles. The lowest BCUT2D eigenvalue weighted by Crippen LogP contribution is -2.08. The molecule has 1 unspecified atom stereocenters. The van der Waals surface area contributed by atoms with Crippen molar-refractivity contribution in [3.8, 4) is 0 Å². The van der Waals surface area contributed by atoms with E-state index in [-0.39, 0.29) is 11.9 Å². The monoisotopic (exact) mass is 251 g/mol. The molecule has 1 aromatic carbocycles. The van der Waals surface area contributed by atoms with E-state index in [1.165, 1.54) is 12.1 Å². The van der Waals surface area contributed by atoms with Crippen LogP contribution in [0.4, 0.5) is 10.1 Å². The maximum absolute atomic E-state index is 13.1. The van der Waals surface area contributed by atoms with Gasteiger partial charge in [-0.15, -0.1) is 0 Å². The highest BCUT2D eigenvalue weighted by molar-refractivity contribution is 6.30. The summed E-state index contributed by atoms with van der Waals surface area (Å²) in [7, 11) is 0. The molecular weight excluding hydrogens is 241 g/mol. The molecule has 0 bridgehead atoms. The Morgan fingerprint density at radius 1 is 1.29 bits per heavy atom. The van der Waals surface area contributed by atoms with Crippen molar-refractivity contribution in [1.82, 2.24) is 9.97 Å². The summed E-state index contributed by atoms with van der Waals surface area (Å²) in [4.78, 5) is 8.15. The minimum absolute atomic E-state index is 0.0680. The summed E-state index contributed by atoms with van der Waals surface area (Å²) >= 11 is 5.77. The first kappa shape index (κ1) is 11.8. The minimum Gasteiger partial charge on any atom is -0.377 e. The average Bonchev–Trinajstić information content (AvgIpc) is 2.28. The van der Waals surface area contributed by atoms with Crippen LogP contribution in [0.1, 0.15) is 18.7 Å². The molecule has 0 aliphatic heterocycles. The molecule has 3 nitrogen and oxygen atoms in total. The molecule has 0 spiro atoms. The highest BCUT2D eigenvalue weighted by atomic mass is 35.5. The van der Waals surface area contributed by atoms with Crippen molar-refractivity contribution < 1.29 is 4.39 Å². The van der Waals surface area contributed by atoms with E-state index in [1.54, 1.807) is 24.7 Å². The molecule has 0 amide bonds. The summed E-state index contributed by atoms with van der Waals surface area (Å²) in [5.41, 5.74) is 1.40. The fourth-order valence-electron chi connectivity index (χ4n) is 1.50. The molecule has 1 N–H and O–H groups in total. The molecule has 5 heteroatoms. The van der Waals surface area contributed by atoms with Gasteiger partial charge in [0, 0.05) is 23.1 Å². The van der Waals surface area contributed by atoms with Gasteiger partial charge in [-0.25, -0.2) is 4.39 Å². The molecule has 1 atom stereocenters. The van der Waals surface area contributed by atoms with Gasteiger partial charge in [-0.1, -0.05) is 11.6 Å². The Hall–Kier alpha value is -1.68. The van der Waals surface area contributed by atoms with Crippen molar-refractivity contribution in [2.45, 2.75) is 13.0 Å². The van der Waals surface area contributed by atoms with Crippen LogP contribution in [0.15, 0.2) is 36.8 Å². The molecule has 0 saturated carbocycles. The van der Waals surface area contributed by atoms with E-state index in [2.05, 4.69) is 15.3 Å². The van der Waals surface area contributed by atoms with Crippen LogP contribution < -0.4 is 5.32 Å². The van der Waals surface area contributed by atoms with Gasteiger partial charge in [-0.3, -0.25) is 9.97 Å². The lowest BCUT2D eigenvalue weighted by molar-refractivity contribution is 0.628. The van der Waals surface area contributed by atoms with E-state index in [1.807, 2.05) is 6.92 Å². The number of nitrogens with one attached hydrogen (secondary N) is 1. The number of nitrogens with zero attached hydrogens (tertiary/aromatic N) is 2. The third-order valence-corrected chi connectivity index (χ3v) is 2.49. The smallest absolute Gasteiger partial charge is 0.126 e. The number of hydrogen-bond donors (Lipinski definition) is 1. The Morgan fingerprint density at radius 3 is 2.76 bits per heavy atom. The zero-order valence-electron chi connectivity index (χ0n) is 9.19. The van der Waals surface area contributed by atoms with Gasteiger partial charge in [-0.05, 0) is 25.1 Å². The fraction of sp³-hybridized carbons (Fsp3) is 0.167. The van der Waals surface area contributed by atoms with Crippen molar-refractivity contribution in [2.75, 3.05) is 5.32 Å². The Labute approximate surface area is 104 Å². The topological polar surface area (TPSA) is 37.8 Å². The van der Waals surface area contributed by atoms with E-state index in [0.717, 1.165) is 5.69 Å². The van der Waals surface area contributed by atoms with Gasteiger partial charge in [0.2, 0.25) is 0 Å². The molecular formula is C12H11ClFN3. The molecule has 0 radical (unpaired) electrons. The minimum atomic E-state index is -0.369. The second-order valence-corrected chi connectivity index (χ2v) is 4.09. The van der Waals surface area contributed by atoms with Crippen LogP contribution in [-0.4, -0.2) is 9.97 Å². The van der Waals surface area contributed by atoms with Gasteiger partial charge in [0.1, 0.15) is 5.82 Å². The van der Waals surface area contributed by atoms with E-state index >= 15 is 0 Å². The third kappa shape index (κ3) is 3.14. The molecule has 17 heavy (non-hydrogen) atoms. The average molecular weight is 252 g/mol. The standard InChI is InChI=1S/C12H11ClFN3/c1-8(12-7-15-2-3-16-12)17-11-5-9(13)4-10(14)6-11/h2-8,17H,1H3. The van der Waals surface area contributed by atoms with Crippen LogP contribution in [0, 0.1) is 5.82 Å². The van der Waals surface area contributed by atoms with Crippen LogP contribution in [-0.2, 0) is 0 Å². The van der Waals surface area contributed by atoms with Crippen LogP contribution >= 0.6 is 11.6 Å². The second kappa shape index (κ2) is 5.10. The number of benzene rings is 1. The summed E-state index contributed by atoms with van der Waals surface area (Å²) in [6.45, 7) is 1.92. The predicted octanol–water partition coefficient (Wildman–Crippen LogP) is 3.44. The lowest BCUT2D eigenvalue weighted by Gasteiger charge is -2.14. The molecule has 0 fully saturated rings. The maximum atomic E-state index is 13.1. The third-order valence-electron chi connectivity index (χ3n) is 2.27. The SMILES string of the molecule is CC(Nc1cc(F)cc(Cl)c1)c1cnccn1. The summed E-state index contributed by atoms with van der Waals surface area (Å²) < 4.78 is 13.1. The summed E-state index contributed by atoms with van der Waals surface area (Å²) in [6, 6.07) is 4.25. The second-order valence-electron chi connectivity index (χ2n) is 3.65. The molecule has 2 rings (SSSR count). The van der Waals surface area contributed by atoms with E-state index in [0.29, 0.717) is 10.7 Å². The van der Waals surface area contributed by atoms with Crippen LogP contribution in [0.5, 0.6) is 0 Å². The molecule has 0 aliphatic rings. The first-order valence-electron chi connectivity index (χ1n) is 5.13. The largest absolute Gasteiger partial charge is 0.377 e. The molecule has 2 aromatic rings. The van der Waals surface area contributed by atoms with Gasteiger partial charge < -0.3 is 5.32 Å². The normalized spacial score (nSPS) is 12.2. The van der Waals surface area contributed by atoms with Crippen molar-refractivity contribution in [1.29, 1.82) is 0 Å². The fourth-order valence-corrected chi connectivity index (χ4v) is 1.72. The summed E-state index contributed by atoms with van der Waals surface area (Å²) in [5.74, 6) is -0.369. The lowest BCUT2D eigenvalue weighted by atomic mass is 10.2. The highest BCUT2D eigenvalue weighted by Gasteiger charge is 2.07. The molecule has 1 heterocycles. The molecule has 1 aromatic heterocycles. The van der Waals surface area contributed by atoms with Crippen LogP contribution in [0.25, 0.3) is 0 Å². The maximum Gasteiger partial charge on any atom is 0.126 e. The van der Waals surface area contributed by atoms with Gasteiger partial charge in [0.15, 0.2) is 0 Å². The van der Waals surface area contributed by atoms with E-state index in [9.17, 15) is 4.39 Å². The van der Waals surface area contributed by atoms with Gasteiger partial charge >= 0.3 is 0 Å². The van der Waals surface area contributed by atoms with E-state index in [4.69, 9.17) is 11.6 Å². The quantitative estimate of drug-likeness (QED) is 0.908. The Balaban J connectivity index is 2.16. The number of hydrogen-bond acceptors (Lipinski definition) is 3.